The highest BCUT2D eigenvalue weighted by Crippen LogP contribution is 2.15. The Hall–Kier alpha value is -1.74. The number of hydrogen-bond donors (Lipinski definition) is 0. The maximum Gasteiger partial charge on any atom is 0.219 e. The molecule has 0 spiro atoms. The predicted octanol–water partition coefficient (Wildman–Crippen LogP) is 4.73. The van der Waals surface area contributed by atoms with E-state index in [-0.39, 0.29) is 5.91 Å². The standard InChI is InChI=1S/C19H25ClN2O/c1-3-4-5-11-21(16(2)23)15-19-10-7-12-22(19)14-17-8-6-9-18(20)13-17/h6-10,12-13H,3-5,11,14-15H2,1-2H3. The molecule has 0 fully saturated rings. The summed E-state index contributed by atoms with van der Waals surface area (Å²) in [6.45, 7) is 6.08. The summed E-state index contributed by atoms with van der Waals surface area (Å²) in [5, 5.41) is 0.751. The molecule has 0 unspecified atom stereocenters. The Bertz CT molecular complexity index is 636. The van der Waals surface area contributed by atoms with Gasteiger partial charge in [-0.25, -0.2) is 0 Å². The molecule has 0 atom stereocenters. The fraction of sp³-hybridized carbons (Fsp3) is 0.421. The van der Waals surface area contributed by atoms with Gasteiger partial charge >= 0.3 is 0 Å². The van der Waals surface area contributed by atoms with Crippen LogP contribution in [0.5, 0.6) is 0 Å². The average Bonchev–Trinajstić information content (AvgIpc) is 2.93. The fourth-order valence-electron chi connectivity index (χ4n) is 2.68. The Labute approximate surface area is 143 Å². The van der Waals surface area contributed by atoms with E-state index >= 15 is 0 Å². The lowest BCUT2D eigenvalue weighted by Crippen LogP contribution is -2.30. The van der Waals surface area contributed by atoms with Crippen molar-refractivity contribution in [2.45, 2.75) is 46.2 Å². The normalized spacial score (nSPS) is 10.7. The lowest BCUT2D eigenvalue weighted by Gasteiger charge is -2.22. The van der Waals surface area contributed by atoms with Crippen molar-refractivity contribution in [3.63, 3.8) is 0 Å². The van der Waals surface area contributed by atoms with Gasteiger partial charge < -0.3 is 9.47 Å². The number of hydrogen-bond acceptors (Lipinski definition) is 1. The van der Waals surface area contributed by atoms with E-state index in [4.69, 9.17) is 11.6 Å². The first-order valence-electron chi connectivity index (χ1n) is 8.24. The number of amides is 1. The maximum atomic E-state index is 11.9. The highest BCUT2D eigenvalue weighted by atomic mass is 35.5. The third-order valence-electron chi connectivity index (χ3n) is 4.00. The first-order valence-corrected chi connectivity index (χ1v) is 8.62. The van der Waals surface area contributed by atoms with Crippen LogP contribution in [0.25, 0.3) is 0 Å². The molecule has 0 saturated carbocycles. The first-order chi connectivity index (χ1) is 11.1. The number of carbonyl (C=O) groups is 1. The summed E-state index contributed by atoms with van der Waals surface area (Å²) >= 11 is 6.06. The van der Waals surface area contributed by atoms with Gasteiger partial charge in [-0.1, -0.05) is 43.5 Å². The monoisotopic (exact) mass is 332 g/mol. The Kier molecular flexibility index (Phi) is 6.72. The van der Waals surface area contributed by atoms with E-state index in [1.165, 1.54) is 0 Å². The van der Waals surface area contributed by atoms with Crippen LogP contribution in [0.3, 0.4) is 0 Å². The zero-order valence-electron chi connectivity index (χ0n) is 14.0. The minimum atomic E-state index is 0.136. The second-order valence-corrected chi connectivity index (χ2v) is 6.34. The van der Waals surface area contributed by atoms with E-state index in [2.05, 4.69) is 29.8 Å². The lowest BCUT2D eigenvalue weighted by atomic mass is 10.2. The number of unbranched alkanes of at least 4 members (excludes halogenated alkanes) is 2. The first kappa shape index (κ1) is 17.6. The van der Waals surface area contributed by atoms with Gasteiger partial charge in [0, 0.05) is 36.9 Å². The smallest absolute Gasteiger partial charge is 0.219 e. The molecule has 4 heteroatoms. The number of nitrogens with zero attached hydrogens (tertiary/aromatic N) is 2. The highest BCUT2D eigenvalue weighted by molar-refractivity contribution is 6.30. The van der Waals surface area contributed by atoms with Gasteiger partial charge in [-0.3, -0.25) is 4.79 Å². The molecule has 0 aliphatic heterocycles. The number of carbonyl (C=O) groups excluding carboxylic acids is 1. The van der Waals surface area contributed by atoms with Crippen LogP contribution in [0.15, 0.2) is 42.6 Å². The molecule has 1 aromatic carbocycles. The fourth-order valence-corrected chi connectivity index (χ4v) is 2.89. The number of aromatic nitrogens is 1. The Balaban J connectivity index is 2.05. The zero-order valence-corrected chi connectivity index (χ0v) is 14.7. The van der Waals surface area contributed by atoms with Gasteiger partial charge in [0.1, 0.15) is 0 Å². The highest BCUT2D eigenvalue weighted by Gasteiger charge is 2.11. The SMILES string of the molecule is CCCCCN(Cc1cccn1Cc1cccc(Cl)c1)C(C)=O. The van der Waals surface area contributed by atoms with Crippen molar-refractivity contribution in [2.24, 2.45) is 0 Å². The van der Waals surface area contributed by atoms with Crippen LogP contribution in [0.1, 0.15) is 44.4 Å². The third-order valence-corrected chi connectivity index (χ3v) is 4.23. The van der Waals surface area contributed by atoms with Gasteiger partial charge in [0.25, 0.3) is 0 Å². The van der Waals surface area contributed by atoms with E-state index in [0.29, 0.717) is 6.54 Å². The van der Waals surface area contributed by atoms with E-state index < -0.39 is 0 Å². The molecule has 1 amide bonds. The summed E-state index contributed by atoms with van der Waals surface area (Å²) in [6.07, 6.45) is 5.44. The minimum absolute atomic E-state index is 0.136. The van der Waals surface area contributed by atoms with Gasteiger partial charge in [0.2, 0.25) is 5.91 Å². The second-order valence-electron chi connectivity index (χ2n) is 5.91. The Morgan fingerprint density at radius 2 is 2.04 bits per heavy atom. The molecule has 0 radical (unpaired) electrons. The summed E-state index contributed by atoms with van der Waals surface area (Å²) < 4.78 is 2.18. The van der Waals surface area contributed by atoms with Gasteiger partial charge in [0.05, 0.1) is 6.54 Å². The van der Waals surface area contributed by atoms with Gasteiger partial charge in [-0.15, -0.1) is 0 Å². The van der Waals surface area contributed by atoms with E-state index in [0.717, 1.165) is 48.6 Å². The van der Waals surface area contributed by atoms with E-state index in [1.54, 1.807) is 6.92 Å². The van der Waals surface area contributed by atoms with Crippen LogP contribution in [0.4, 0.5) is 0 Å². The minimum Gasteiger partial charge on any atom is -0.345 e. The van der Waals surface area contributed by atoms with Gasteiger partial charge in [0.15, 0.2) is 0 Å². The van der Waals surface area contributed by atoms with Crippen molar-refractivity contribution < 1.29 is 4.79 Å². The predicted molar refractivity (Wildman–Crippen MR) is 95.6 cm³/mol. The molecular weight excluding hydrogens is 308 g/mol. The van der Waals surface area contributed by atoms with Crippen molar-refractivity contribution in [3.8, 4) is 0 Å². The average molecular weight is 333 g/mol. The van der Waals surface area contributed by atoms with Crippen molar-refractivity contribution in [3.05, 3.63) is 58.9 Å². The molecule has 3 nitrogen and oxygen atoms in total. The van der Waals surface area contributed by atoms with Crippen LogP contribution in [0, 0.1) is 0 Å². The van der Waals surface area contributed by atoms with Crippen LogP contribution in [-0.2, 0) is 17.9 Å². The van der Waals surface area contributed by atoms with Crippen molar-refractivity contribution in [2.75, 3.05) is 6.54 Å². The number of rotatable bonds is 8. The molecule has 1 heterocycles. The molecule has 1 aromatic heterocycles. The summed E-state index contributed by atoms with van der Waals surface area (Å²) in [4.78, 5) is 13.8. The molecular formula is C19H25ClN2O. The topological polar surface area (TPSA) is 25.2 Å². The van der Waals surface area contributed by atoms with Crippen molar-refractivity contribution in [1.82, 2.24) is 9.47 Å². The second kappa shape index (κ2) is 8.78. The summed E-state index contributed by atoms with van der Waals surface area (Å²) in [5.74, 6) is 0.136. The third kappa shape index (κ3) is 5.43. The lowest BCUT2D eigenvalue weighted by molar-refractivity contribution is -0.129. The maximum absolute atomic E-state index is 11.9. The molecule has 0 saturated heterocycles. The van der Waals surface area contributed by atoms with E-state index in [1.807, 2.05) is 29.2 Å². The number of benzene rings is 1. The van der Waals surface area contributed by atoms with Crippen molar-refractivity contribution in [1.29, 1.82) is 0 Å². The molecule has 2 rings (SSSR count). The molecule has 0 aliphatic carbocycles. The van der Waals surface area contributed by atoms with Gasteiger partial charge in [-0.2, -0.15) is 0 Å². The molecule has 0 bridgehead atoms. The van der Waals surface area contributed by atoms with Gasteiger partial charge in [-0.05, 0) is 36.2 Å². The molecule has 23 heavy (non-hydrogen) atoms. The van der Waals surface area contributed by atoms with Crippen LogP contribution < -0.4 is 0 Å². The summed E-state index contributed by atoms with van der Waals surface area (Å²) in [5.41, 5.74) is 2.31. The zero-order chi connectivity index (χ0) is 16.7. The molecule has 0 aliphatic rings. The molecule has 0 N–H and O–H groups in total. The summed E-state index contributed by atoms with van der Waals surface area (Å²) in [6, 6.07) is 12.0. The molecule has 124 valence electrons. The van der Waals surface area contributed by atoms with Crippen LogP contribution in [-0.4, -0.2) is 21.9 Å². The van der Waals surface area contributed by atoms with Crippen LogP contribution >= 0.6 is 11.6 Å². The largest absolute Gasteiger partial charge is 0.345 e. The van der Waals surface area contributed by atoms with Crippen LogP contribution in [0.2, 0.25) is 5.02 Å². The van der Waals surface area contributed by atoms with E-state index in [9.17, 15) is 4.79 Å². The quantitative estimate of drug-likeness (QED) is 0.641. The van der Waals surface area contributed by atoms with Crippen molar-refractivity contribution >= 4 is 17.5 Å². The Morgan fingerprint density at radius 1 is 1.22 bits per heavy atom. The summed E-state index contributed by atoms with van der Waals surface area (Å²) in [7, 11) is 0. The Morgan fingerprint density at radius 3 is 2.74 bits per heavy atom. The molecule has 2 aromatic rings. The number of halogens is 1.